The predicted molar refractivity (Wildman–Crippen MR) is 135 cm³/mol. The van der Waals surface area contributed by atoms with Crippen LogP contribution in [0.5, 0.6) is 5.75 Å². The summed E-state index contributed by atoms with van der Waals surface area (Å²) >= 11 is 0. The molecule has 204 valence electrons. The number of aromatic nitrogens is 1. The van der Waals surface area contributed by atoms with Crippen LogP contribution in [0.25, 0.3) is 10.9 Å². The molecule has 1 aliphatic rings. The van der Waals surface area contributed by atoms with Crippen LogP contribution in [0.3, 0.4) is 0 Å². The second-order valence-electron chi connectivity index (χ2n) is 9.61. The highest BCUT2D eigenvalue weighted by atomic mass is 19.1. The van der Waals surface area contributed by atoms with E-state index in [4.69, 9.17) is 4.74 Å². The highest BCUT2D eigenvalue weighted by Gasteiger charge is 2.41. The lowest BCUT2D eigenvalue weighted by Crippen LogP contribution is -2.49. The van der Waals surface area contributed by atoms with Crippen molar-refractivity contribution < 1.29 is 33.0 Å². The maximum atomic E-state index is 14.8. The number of ether oxygens (including phenoxy) is 1. The van der Waals surface area contributed by atoms with Gasteiger partial charge in [-0.25, -0.2) is 18.7 Å². The van der Waals surface area contributed by atoms with Crippen LogP contribution in [0.2, 0.25) is 0 Å². The van der Waals surface area contributed by atoms with Crippen LogP contribution >= 0.6 is 0 Å². The van der Waals surface area contributed by atoms with Crippen LogP contribution in [0.1, 0.15) is 37.4 Å². The number of carbonyl (C=O) groups is 1. The van der Waals surface area contributed by atoms with E-state index in [1.165, 1.54) is 19.2 Å². The number of fused-ring (bicyclic) bond motifs is 1. The summed E-state index contributed by atoms with van der Waals surface area (Å²) in [6.45, 7) is 2.09. The number of likely N-dealkylation sites (tertiary alicyclic amines) is 1. The van der Waals surface area contributed by atoms with Crippen molar-refractivity contribution in [1.82, 2.24) is 15.4 Å². The number of hydrogen-bond donors (Lipinski definition) is 4. The predicted octanol–water partition coefficient (Wildman–Crippen LogP) is 4.17. The van der Waals surface area contributed by atoms with Crippen LogP contribution in [-0.4, -0.2) is 59.4 Å². The molecule has 0 spiro atoms. The monoisotopic (exact) mass is 532 g/mol. The number of halogens is 3. The molecule has 8 nitrogen and oxygen atoms in total. The van der Waals surface area contributed by atoms with E-state index in [2.05, 4.69) is 15.2 Å². The molecule has 2 aromatic carbocycles. The molecule has 1 aromatic heterocycles. The standard InChI is InChI=1S/C27H31F3N4O4/c1-38-20-2-3-23-21(15-20)25(22(30)16-32-23)24(35)4-5-27(26(36)33-37)6-9-34(10-7-27)11-8-31-19-13-17(28)12-18(29)14-19/h2-3,12-16,24,31,35,37H,4-11H2,1H3,(H,33,36). The number of nitrogens with zero attached hydrogens (tertiary/aromatic N) is 2. The fraction of sp³-hybridized carbons (Fsp3) is 0.407. The number of amides is 1. The van der Waals surface area contributed by atoms with Gasteiger partial charge >= 0.3 is 0 Å². The van der Waals surface area contributed by atoms with E-state index in [0.717, 1.165) is 12.3 Å². The van der Waals surface area contributed by atoms with Crippen LogP contribution in [0, 0.1) is 22.9 Å². The largest absolute Gasteiger partial charge is 0.497 e. The summed E-state index contributed by atoms with van der Waals surface area (Å²) < 4.78 is 46.8. The van der Waals surface area contributed by atoms with Crippen molar-refractivity contribution in [1.29, 1.82) is 0 Å². The van der Waals surface area contributed by atoms with Gasteiger partial charge in [-0.05, 0) is 69.1 Å². The SMILES string of the molecule is COc1ccc2ncc(F)c(C(O)CCC3(C(=O)NO)CCN(CCNc4cc(F)cc(F)c4)CC3)c2c1. The fourth-order valence-electron chi connectivity index (χ4n) is 5.12. The van der Waals surface area contributed by atoms with Gasteiger partial charge in [0.15, 0.2) is 0 Å². The van der Waals surface area contributed by atoms with Gasteiger partial charge in [-0.2, -0.15) is 0 Å². The van der Waals surface area contributed by atoms with Crippen LogP contribution in [0.4, 0.5) is 18.9 Å². The van der Waals surface area contributed by atoms with Gasteiger partial charge in [0, 0.05) is 35.8 Å². The second-order valence-corrected chi connectivity index (χ2v) is 9.61. The van der Waals surface area contributed by atoms with Crippen LogP contribution in [-0.2, 0) is 4.79 Å². The number of anilines is 1. The van der Waals surface area contributed by atoms with Crippen molar-refractivity contribution in [3.63, 3.8) is 0 Å². The first-order valence-corrected chi connectivity index (χ1v) is 12.4. The third-order valence-corrected chi connectivity index (χ3v) is 7.31. The minimum Gasteiger partial charge on any atom is -0.497 e. The Balaban J connectivity index is 1.39. The number of nitrogens with one attached hydrogen (secondary N) is 2. The summed E-state index contributed by atoms with van der Waals surface area (Å²) in [7, 11) is 1.49. The molecular formula is C27H31F3N4O4. The molecule has 0 saturated carbocycles. The number of benzene rings is 2. The Morgan fingerprint density at radius 1 is 1.16 bits per heavy atom. The Morgan fingerprint density at radius 3 is 2.53 bits per heavy atom. The molecule has 1 aliphatic heterocycles. The first-order chi connectivity index (χ1) is 18.2. The Bertz CT molecular complexity index is 1260. The summed E-state index contributed by atoms with van der Waals surface area (Å²) in [4.78, 5) is 18.9. The Hall–Kier alpha value is -3.41. The molecule has 0 bridgehead atoms. The smallest absolute Gasteiger partial charge is 0.249 e. The number of pyridine rings is 1. The van der Waals surface area contributed by atoms with Crippen molar-refractivity contribution in [3.8, 4) is 5.75 Å². The lowest BCUT2D eigenvalue weighted by molar-refractivity contribution is -0.143. The number of carbonyl (C=O) groups excluding carboxylic acids is 1. The molecule has 1 amide bonds. The first-order valence-electron chi connectivity index (χ1n) is 12.4. The number of hydroxylamine groups is 1. The molecule has 11 heteroatoms. The molecule has 1 unspecified atom stereocenters. The number of aliphatic hydroxyl groups excluding tert-OH is 1. The van der Waals surface area contributed by atoms with E-state index in [-0.39, 0.29) is 18.4 Å². The highest BCUT2D eigenvalue weighted by molar-refractivity contribution is 5.84. The molecule has 4 rings (SSSR count). The van der Waals surface area contributed by atoms with Gasteiger partial charge in [0.2, 0.25) is 5.91 Å². The normalized spacial score (nSPS) is 16.3. The topological polar surface area (TPSA) is 107 Å². The van der Waals surface area contributed by atoms with Crippen molar-refractivity contribution in [2.24, 2.45) is 5.41 Å². The minimum absolute atomic E-state index is 0.0887. The zero-order valence-corrected chi connectivity index (χ0v) is 21.0. The summed E-state index contributed by atoms with van der Waals surface area (Å²) in [5, 5.41) is 23.8. The van der Waals surface area contributed by atoms with E-state index >= 15 is 0 Å². The molecule has 38 heavy (non-hydrogen) atoms. The lowest BCUT2D eigenvalue weighted by atomic mass is 9.73. The van der Waals surface area contributed by atoms with Crippen LogP contribution in [0.15, 0.2) is 42.6 Å². The molecule has 1 atom stereocenters. The zero-order chi connectivity index (χ0) is 27.3. The van der Waals surface area contributed by atoms with Gasteiger partial charge in [-0.1, -0.05) is 0 Å². The zero-order valence-electron chi connectivity index (χ0n) is 21.0. The van der Waals surface area contributed by atoms with Crippen molar-refractivity contribution in [2.45, 2.75) is 31.8 Å². The Kier molecular flexibility index (Phi) is 8.70. The second kappa shape index (κ2) is 12.0. The first kappa shape index (κ1) is 27.6. The molecular weight excluding hydrogens is 501 g/mol. The van der Waals surface area contributed by atoms with E-state index in [9.17, 15) is 28.3 Å². The summed E-state index contributed by atoms with van der Waals surface area (Å²) in [5.74, 6) is -2.02. The summed E-state index contributed by atoms with van der Waals surface area (Å²) in [5.41, 5.74) is 1.76. The lowest BCUT2D eigenvalue weighted by Gasteiger charge is -2.40. The third kappa shape index (κ3) is 6.17. The summed E-state index contributed by atoms with van der Waals surface area (Å²) in [6, 6.07) is 8.23. The molecule has 2 heterocycles. The molecule has 1 saturated heterocycles. The Labute approximate surface area is 218 Å². The van der Waals surface area contributed by atoms with E-state index in [1.807, 2.05) is 0 Å². The molecule has 4 N–H and O–H groups in total. The van der Waals surface area contributed by atoms with Gasteiger partial charge in [-0.15, -0.1) is 0 Å². The van der Waals surface area contributed by atoms with E-state index in [1.54, 1.807) is 23.7 Å². The van der Waals surface area contributed by atoms with Crippen molar-refractivity contribution >= 4 is 22.5 Å². The number of hydrogen-bond acceptors (Lipinski definition) is 7. The van der Waals surface area contributed by atoms with Crippen LogP contribution < -0.4 is 15.5 Å². The average molecular weight is 533 g/mol. The van der Waals surface area contributed by atoms with Crippen molar-refractivity contribution in [3.05, 3.63) is 65.6 Å². The van der Waals surface area contributed by atoms with E-state index < -0.39 is 34.9 Å². The highest BCUT2D eigenvalue weighted by Crippen LogP contribution is 2.40. The number of aliphatic hydroxyl groups is 1. The molecule has 3 aromatic rings. The van der Waals surface area contributed by atoms with Gasteiger partial charge < -0.3 is 20.1 Å². The number of piperidine rings is 1. The molecule has 0 radical (unpaired) electrons. The number of methoxy groups -OCH3 is 1. The summed E-state index contributed by atoms with van der Waals surface area (Å²) in [6.07, 6.45) is 0.997. The van der Waals surface area contributed by atoms with E-state index in [0.29, 0.717) is 61.4 Å². The minimum atomic E-state index is -1.20. The average Bonchev–Trinajstić information content (AvgIpc) is 2.91. The fourth-order valence-corrected chi connectivity index (χ4v) is 5.12. The van der Waals surface area contributed by atoms with Gasteiger partial charge in [0.25, 0.3) is 0 Å². The van der Waals surface area contributed by atoms with Gasteiger partial charge in [0.05, 0.1) is 30.3 Å². The van der Waals surface area contributed by atoms with Crippen molar-refractivity contribution in [2.75, 3.05) is 38.6 Å². The third-order valence-electron chi connectivity index (χ3n) is 7.31. The quantitative estimate of drug-likeness (QED) is 0.229. The van der Waals surface area contributed by atoms with Gasteiger partial charge in [0.1, 0.15) is 23.2 Å². The van der Waals surface area contributed by atoms with Gasteiger partial charge in [-0.3, -0.25) is 15.0 Å². The maximum absolute atomic E-state index is 14.8. The molecule has 1 fully saturated rings. The molecule has 0 aliphatic carbocycles. The maximum Gasteiger partial charge on any atom is 0.249 e. The Morgan fingerprint density at radius 2 is 1.87 bits per heavy atom. The number of rotatable bonds is 10.